The van der Waals surface area contributed by atoms with E-state index in [9.17, 15) is 4.79 Å². The predicted molar refractivity (Wildman–Crippen MR) is 93.0 cm³/mol. The van der Waals surface area contributed by atoms with Gasteiger partial charge in [0, 0.05) is 32.7 Å². The van der Waals surface area contributed by atoms with Crippen LogP contribution < -0.4 is 5.73 Å². The normalized spacial score (nSPS) is 18.4. The fourth-order valence-corrected chi connectivity index (χ4v) is 2.94. The van der Waals surface area contributed by atoms with Crippen LogP contribution in [0.2, 0.25) is 0 Å². The molecule has 0 aliphatic carbocycles. The lowest BCUT2D eigenvalue weighted by Gasteiger charge is -2.38. The van der Waals surface area contributed by atoms with Gasteiger partial charge in [-0.3, -0.25) is 9.69 Å². The van der Waals surface area contributed by atoms with Gasteiger partial charge in [-0.1, -0.05) is 43.7 Å². The molecule has 0 spiro atoms. The molecule has 1 heterocycles. The van der Waals surface area contributed by atoms with Gasteiger partial charge in [-0.25, -0.2) is 0 Å². The number of nitrogens with zero attached hydrogens (tertiary/aromatic N) is 2. The first kappa shape index (κ1) is 18.9. The van der Waals surface area contributed by atoms with Crippen molar-refractivity contribution < 1.29 is 4.79 Å². The first-order valence-electron chi connectivity index (χ1n) is 7.87. The standard InChI is InChI=1S/C17H27N3O.ClH/c1-3-9-17(2,18)16(21)20-12-10-19(11-13-20)14-15-7-5-4-6-8-15;/h4-8H,3,9-14,18H2,1-2H3;1H. The van der Waals surface area contributed by atoms with Gasteiger partial charge < -0.3 is 10.6 Å². The van der Waals surface area contributed by atoms with Gasteiger partial charge in [0.2, 0.25) is 5.91 Å². The van der Waals surface area contributed by atoms with Crippen LogP contribution in [0.4, 0.5) is 0 Å². The summed E-state index contributed by atoms with van der Waals surface area (Å²) in [4.78, 5) is 16.8. The van der Waals surface area contributed by atoms with E-state index in [2.05, 4.69) is 36.1 Å². The Morgan fingerprint density at radius 3 is 2.32 bits per heavy atom. The highest BCUT2D eigenvalue weighted by Crippen LogP contribution is 2.15. The molecule has 1 aliphatic rings. The Morgan fingerprint density at radius 1 is 1.18 bits per heavy atom. The van der Waals surface area contributed by atoms with E-state index in [1.54, 1.807) is 0 Å². The quantitative estimate of drug-likeness (QED) is 0.903. The van der Waals surface area contributed by atoms with Gasteiger partial charge in [-0.05, 0) is 18.9 Å². The van der Waals surface area contributed by atoms with Crippen molar-refractivity contribution >= 4 is 18.3 Å². The summed E-state index contributed by atoms with van der Waals surface area (Å²) < 4.78 is 0. The second-order valence-corrected chi connectivity index (χ2v) is 6.22. The minimum absolute atomic E-state index is 0. The molecule has 0 saturated carbocycles. The number of nitrogens with two attached hydrogens (primary N) is 1. The van der Waals surface area contributed by atoms with Crippen molar-refractivity contribution in [3.05, 3.63) is 35.9 Å². The molecule has 2 rings (SSSR count). The van der Waals surface area contributed by atoms with E-state index in [4.69, 9.17) is 5.73 Å². The van der Waals surface area contributed by atoms with Gasteiger partial charge in [-0.15, -0.1) is 12.4 Å². The van der Waals surface area contributed by atoms with Crippen LogP contribution in [0, 0.1) is 0 Å². The van der Waals surface area contributed by atoms with E-state index >= 15 is 0 Å². The molecule has 1 unspecified atom stereocenters. The van der Waals surface area contributed by atoms with Gasteiger partial charge in [0.1, 0.15) is 0 Å². The number of rotatable bonds is 5. The highest BCUT2D eigenvalue weighted by molar-refractivity contribution is 5.86. The third-order valence-electron chi connectivity index (χ3n) is 4.17. The van der Waals surface area contributed by atoms with Crippen molar-refractivity contribution in [2.24, 2.45) is 5.73 Å². The summed E-state index contributed by atoms with van der Waals surface area (Å²) in [6.07, 6.45) is 1.68. The molecule has 0 bridgehead atoms. The van der Waals surface area contributed by atoms with E-state index in [0.717, 1.165) is 45.6 Å². The highest BCUT2D eigenvalue weighted by Gasteiger charge is 2.33. The number of amides is 1. The molecular weight excluding hydrogens is 298 g/mol. The summed E-state index contributed by atoms with van der Waals surface area (Å²) in [5.41, 5.74) is 6.77. The van der Waals surface area contributed by atoms with Gasteiger partial charge >= 0.3 is 0 Å². The van der Waals surface area contributed by atoms with Crippen molar-refractivity contribution in [3.8, 4) is 0 Å². The van der Waals surface area contributed by atoms with Gasteiger partial charge in [0.25, 0.3) is 0 Å². The molecule has 0 radical (unpaired) electrons. The minimum atomic E-state index is -0.712. The SMILES string of the molecule is CCCC(C)(N)C(=O)N1CCN(Cc2ccccc2)CC1.Cl. The minimum Gasteiger partial charge on any atom is -0.339 e. The Kier molecular flexibility index (Phi) is 7.33. The van der Waals surface area contributed by atoms with Crippen LogP contribution in [-0.2, 0) is 11.3 Å². The molecule has 4 nitrogen and oxygen atoms in total. The molecule has 1 aromatic rings. The van der Waals surface area contributed by atoms with Gasteiger partial charge in [0.15, 0.2) is 0 Å². The van der Waals surface area contributed by atoms with E-state index < -0.39 is 5.54 Å². The van der Waals surface area contributed by atoms with Crippen LogP contribution in [-0.4, -0.2) is 47.4 Å². The lowest BCUT2D eigenvalue weighted by atomic mass is 9.95. The fraction of sp³-hybridized carbons (Fsp3) is 0.588. The van der Waals surface area contributed by atoms with Gasteiger partial charge in [0.05, 0.1) is 5.54 Å². The van der Waals surface area contributed by atoms with Crippen molar-refractivity contribution in [3.63, 3.8) is 0 Å². The van der Waals surface area contributed by atoms with E-state index in [-0.39, 0.29) is 18.3 Å². The molecule has 1 atom stereocenters. The second-order valence-electron chi connectivity index (χ2n) is 6.22. The van der Waals surface area contributed by atoms with Crippen LogP contribution >= 0.6 is 12.4 Å². The fourth-order valence-electron chi connectivity index (χ4n) is 2.94. The summed E-state index contributed by atoms with van der Waals surface area (Å²) >= 11 is 0. The Labute approximate surface area is 140 Å². The number of hydrogen-bond donors (Lipinski definition) is 1. The molecule has 5 heteroatoms. The first-order chi connectivity index (χ1) is 10.0. The Balaban J connectivity index is 0.00000242. The number of piperazine rings is 1. The number of hydrogen-bond acceptors (Lipinski definition) is 3. The number of carbonyl (C=O) groups excluding carboxylic acids is 1. The molecule has 1 fully saturated rings. The molecule has 1 saturated heterocycles. The third-order valence-corrected chi connectivity index (χ3v) is 4.17. The second kappa shape index (κ2) is 8.51. The molecule has 124 valence electrons. The summed E-state index contributed by atoms with van der Waals surface area (Å²) in [6.45, 7) is 8.28. The average Bonchev–Trinajstić information content (AvgIpc) is 2.48. The molecule has 1 amide bonds. The van der Waals surface area contributed by atoms with E-state index in [1.165, 1.54) is 5.56 Å². The zero-order chi connectivity index (χ0) is 15.3. The smallest absolute Gasteiger partial charge is 0.242 e. The zero-order valence-electron chi connectivity index (χ0n) is 13.6. The monoisotopic (exact) mass is 325 g/mol. The Hall–Kier alpha value is -1.10. The largest absolute Gasteiger partial charge is 0.339 e. The maximum atomic E-state index is 12.5. The Morgan fingerprint density at radius 2 is 1.77 bits per heavy atom. The summed E-state index contributed by atoms with van der Waals surface area (Å²) in [6, 6.07) is 10.5. The molecule has 2 N–H and O–H groups in total. The number of carbonyl (C=O) groups is 1. The van der Waals surface area contributed by atoms with E-state index in [1.807, 2.05) is 17.9 Å². The molecule has 1 aromatic carbocycles. The first-order valence-corrected chi connectivity index (χ1v) is 7.87. The topological polar surface area (TPSA) is 49.6 Å². The van der Waals surface area contributed by atoms with Crippen molar-refractivity contribution in [2.75, 3.05) is 26.2 Å². The van der Waals surface area contributed by atoms with Crippen LogP contribution in [0.5, 0.6) is 0 Å². The summed E-state index contributed by atoms with van der Waals surface area (Å²) in [5.74, 6) is 0.101. The zero-order valence-corrected chi connectivity index (χ0v) is 14.4. The molecule has 0 aromatic heterocycles. The van der Waals surface area contributed by atoms with Crippen molar-refractivity contribution in [2.45, 2.75) is 38.8 Å². The van der Waals surface area contributed by atoms with E-state index in [0.29, 0.717) is 0 Å². The third kappa shape index (κ3) is 4.97. The van der Waals surface area contributed by atoms with Crippen LogP contribution in [0.15, 0.2) is 30.3 Å². The number of benzene rings is 1. The van der Waals surface area contributed by atoms with Gasteiger partial charge in [-0.2, -0.15) is 0 Å². The highest BCUT2D eigenvalue weighted by atomic mass is 35.5. The molecular formula is C17H28ClN3O. The maximum Gasteiger partial charge on any atom is 0.242 e. The molecule has 1 aliphatic heterocycles. The molecule has 22 heavy (non-hydrogen) atoms. The lowest BCUT2D eigenvalue weighted by molar-refractivity contribution is -0.138. The maximum absolute atomic E-state index is 12.5. The van der Waals surface area contributed by atoms with Crippen LogP contribution in [0.1, 0.15) is 32.3 Å². The van der Waals surface area contributed by atoms with Crippen molar-refractivity contribution in [1.29, 1.82) is 0 Å². The predicted octanol–water partition coefficient (Wildman–Crippen LogP) is 2.27. The van der Waals surface area contributed by atoms with Crippen LogP contribution in [0.25, 0.3) is 0 Å². The lowest BCUT2D eigenvalue weighted by Crippen LogP contribution is -2.58. The Bertz CT molecular complexity index is 456. The summed E-state index contributed by atoms with van der Waals surface area (Å²) in [5, 5.41) is 0. The van der Waals surface area contributed by atoms with Crippen LogP contribution in [0.3, 0.4) is 0 Å². The average molecular weight is 326 g/mol. The van der Waals surface area contributed by atoms with Crippen molar-refractivity contribution in [1.82, 2.24) is 9.80 Å². The number of halogens is 1. The summed E-state index contributed by atoms with van der Waals surface area (Å²) in [7, 11) is 0.